The van der Waals surface area contributed by atoms with Gasteiger partial charge in [-0.2, -0.15) is 5.26 Å². The number of para-hydroxylation sites is 2. The van der Waals surface area contributed by atoms with Crippen LogP contribution in [0.1, 0.15) is 5.69 Å². The van der Waals surface area contributed by atoms with Crippen LogP contribution in [0.3, 0.4) is 0 Å². The van der Waals surface area contributed by atoms with Crippen molar-refractivity contribution in [1.29, 1.82) is 5.26 Å². The summed E-state index contributed by atoms with van der Waals surface area (Å²) in [5.41, 5.74) is 0.952. The minimum absolute atomic E-state index is 0.127. The number of nitriles is 1. The Bertz CT molecular complexity index is 496. The predicted octanol–water partition coefficient (Wildman–Crippen LogP) is 1.45. The molecule has 4 heteroatoms. The van der Waals surface area contributed by atoms with Crippen molar-refractivity contribution in [2.75, 3.05) is 0 Å². The van der Waals surface area contributed by atoms with Gasteiger partial charge in [-0.1, -0.05) is 12.1 Å². The Morgan fingerprint density at radius 1 is 1.36 bits per heavy atom. The molecule has 2 aromatic rings. The lowest BCUT2D eigenvalue weighted by Gasteiger charge is -2.04. The molecular formula is C10H7N3O. The van der Waals surface area contributed by atoms with Gasteiger partial charge in [0.05, 0.1) is 11.9 Å². The summed E-state index contributed by atoms with van der Waals surface area (Å²) in [5, 5.41) is 18.3. The lowest BCUT2D eigenvalue weighted by atomic mass is 10.3. The maximum absolute atomic E-state index is 9.54. The average molecular weight is 185 g/mol. The molecule has 0 aliphatic rings. The first-order chi connectivity index (χ1) is 6.83. The van der Waals surface area contributed by atoms with E-state index in [-0.39, 0.29) is 5.75 Å². The van der Waals surface area contributed by atoms with Crippen LogP contribution in [0.5, 0.6) is 5.75 Å². The molecule has 0 unspecified atom stereocenters. The molecule has 4 nitrogen and oxygen atoms in total. The summed E-state index contributed by atoms with van der Waals surface area (Å²) in [6.07, 6.45) is 2.94. The molecule has 0 aliphatic heterocycles. The highest BCUT2D eigenvalue weighted by Gasteiger charge is 2.06. The minimum Gasteiger partial charge on any atom is -0.506 e. The van der Waals surface area contributed by atoms with E-state index in [2.05, 4.69) is 4.98 Å². The lowest BCUT2D eigenvalue weighted by Crippen LogP contribution is -1.95. The summed E-state index contributed by atoms with van der Waals surface area (Å²) < 4.78 is 1.54. The molecule has 0 saturated heterocycles. The third-order valence-electron chi connectivity index (χ3n) is 1.89. The van der Waals surface area contributed by atoms with Gasteiger partial charge in [-0.25, -0.2) is 4.98 Å². The van der Waals surface area contributed by atoms with Crippen molar-refractivity contribution in [3.05, 3.63) is 42.5 Å². The van der Waals surface area contributed by atoms with E-state index < -0.39 is 0 Å². The molecule has 68 valence electrons. The number of hydrogen-bond acceptors (Lipinski definition) is 3. The highest BCUT2D eigenvalue weighted by atomic mass is 16.3. The second-order valence-corrected chi connectivity index (χ2v) is 2.75. The number of hydrogen-bond donors (Lipinski definition) is 1. The molecule has 0 atom stereocenters. The Morgan fingerprint density at radius 2 is 2.14 bits per heavy atom. The smallest absolute Gasteiger partial charge is 0.144 e. The maximum atomic E-state index is 9.54. The van der Waals surface area contributed by atoms with Crippen LogP contribution in [0, 0.1) is 11.3 Å². The number of phenols is 1. The summed E-state index contributed by atoms with van der Waals surface area (Å²) in [4.78, 5) is 3.84. The number of nitrogens with zero attached hydrogens (tertiary/aromatic N) is 3. The van der Waals surface area contributed by atoms with Crippen molar-refractivity contribution in [2.24, 2.45) is 0 Å². The number of aromatic hydroxyl groups is 1. The van der Waals surface area contributed by atoms with Crippen molar-refractivity contribution in [2.45, 2.75) is 0 Å². The molecule has 0 fully saturated rings. The molecule has 1 aromatic carbocycles. The van der Waals surface area contributed by atoms with Crippen LogP contribution in [0.4, 0.5) is 0 Å². The van der Waals surface area contributed by atoms with Crippen LogP contribution in [0.25, 0.3) is 5.69 Å². The first-order valence-corrected chi connectivity index (χ1v) is 4.04. The Labute approximate surface area is 80.7 Å². The number of aromatic nitrogens is 2. The first kappa shape index (κ1) is 8.32. The van der Waals surface area contributed by atoms with Crippen LogP contribution >= 0.6 is 0 Å². The minimum atomic E-state index is 0.127. The molecule has 2 rings (SSSR count). The number of rotatable bonds is 1. The molecule has 0 spiro atoms. The van der Waals surface area contributed by atoms with E-state index in [9.17, 15) is 5.11 Å². The molecule has 1 aromatic heterocycles. The van der Waals surface area contributed by atoms with Crippen LogP contribution in [-0.4, -0.2) is 14.7 Å². The molecule has 1 N–H and O–H groups in total. The zero-order chi connectivity index (χ0) is 9.97. The van der Waals surface area contributed by atoms with Gasteiger partial charge in [0.1, 0.15) is 23.8 Å². The van der Waals surface area contributed by atoms with E-state index in [0.717, 1.165) is 0 Å². The molecular weight excluding hydrogens is 178 g/mol. The van der Waals surface area contributed by atoms with Crippen molar-refractivity contribution >= 4 is 0 Å². The summed E-state index contributed by atoms with van der Waals surface area (Å²) in [7, 11) is 0. The summed E-state index contributed by atoms with van der Waals surface area (Å²) in [6, 6.07) is 8.79. The molecule has 0 bridgehead atoms. The van der Waals surface area contributed by atoms with E-state index in [1.807, 2.05) is 6.07 Å². The Hall–Kier alpha value is -2.28. The summed E-state index contributed by atoms with van der Waals surface area (Å²) >= 11 is 0. The number of benzene rings is 1. The van der Waals surface area contributed by atoms with Gasteiger partial charge in [0, 0.05) is 0 Å². The highest BCUT2D eigenvalue weighted by Crippen LogP contribution is 2.21. The zero-order valence-corrected chi connectivity index (χ0v) is 7.25. The third-order valence-corrected chi connectivity index (χ3v) is 1.89. The average Bonchev–Trinajstić information content (AvgIpc) is 2.66. The Kier molecular flexibility index (Phi) is 1.92. The largest absolute Gasteiger partial charge is 0.506 e. The Balaban J connectivity index is 2.62. The standard InChI is InChI=1S/C10H7N3O/c11-5-8-6-12-7-13(8)9-3-1-2-4-10(9)14/h1-4,6-7,14H. The zero-order valence-electron chi connectivity index (χ0n) is 7.25. The van der Waals surface area contributed by atoms with Gasteiger partial charge in [0.15, 0.2) is 0 Å². The number of phenolic OH excluding ortho intramolecular Hbond substituents is 1. The van der Waals surface area contributed by atoms with E-state index >= 15 is 0 Å². The van der Waals surface area contributed by atoms with Gasteiger partial charge in [0.2, 0.25) is 0 Å². The van der Waals surface area contributed by atoms with Crippen LogP contribution in [0.15, 0.2) is 36.8 Å². The van der Waals surface area contributed by atoms with Crippen LogP contribution in [-0.2, 0) is 0 Å². The molecule has 0 amide bonds. The second kappa shape index (κ2) is 3.23. The molecule has 0 radical (unpaired) electrons. The third kappa shape index (κ3) is 1.21. The fourth-order valence-electron chi connectivity index (χ4n) is 1.24. The van der Waals surface area contributed by atoms with Crippen LogP contribution in [0.2, 0.25) is 0 Å². The summed E-state index contributed by atoms with van der Waals surface area (Å²) in [6.45, 7) is 0. The van der Waals surface area contributed by atoms with Crippen LogP contribution < -0.4 is 0 Å². The van der Waals surface area contributed by atoms with Gasteiger partial charge in [-0.15, -0.1) is 0 Å². The van der Waals surface area contributed by atoms with Gasteiger partial charge in [-0.3, -0.25) is 4.57 Å². The fourth-order valence-corrected chi connectivity index (χ4v) is 1.24. The molecule has 14 heavy (non-hydrogen) atoms. The topological polar surface area (TPSA) is 61.8 Å². The second-order valence-electron chi connectivity index (χ2n) is 2.75. The van der Waals surface area contributed by atoms with Gasteiger partial charge >= 0.3 is 0 Å². The van der Waals surface area contributed by atoms with Gasteiger partial charge in [-0.05, 0) is 12.1 Å². The number of imidazole rings is 1. The quantitative estimate of drug-likeness (QED) is 0.731. The van der Waals surface area contributed by atoms with E-state index in [0.29, 0.717) is 11.4 Å². The lowest BCUT2D eigenvalue weighted by molar-refractivity contribution is 0.472. The van der Waals surface area contributed by atoms with E-state index in [4.69, 9.17) is 5.26 Å². The van der Waals surface area contributed by atoms with Crippen molar-refractivity contribution < 1.29 is 5.11 Å². The predicted molar refractivity (Wildman–Crippen MR) is 49.9 cm³/mol. The molecule has 0 saturated carbocycles. The first-order valence-electron chi connectivity index (χ1n) is 4.04. The summed E-state index contributed by atoms with van der Waals surface area (Å²) in [5.74, 6) is 0.127. The van der Waals surface area contributed by atoms with E-state index in [1.54, 1.807) is 24.3 Å². The van der Waals surface area contributed by atoms with Crippen molar-refractivity contribution in [1.82, 2.24) is 9.55 Å². The molecule has 1 heterocycles. The highest BCUT2D eigenvalue weighted by molar-refractivity contribution is 5.47. The maximum Gasteiger partial charge on any atom is 0.144 e. The van der Waals surface area contributed by atoms with Gasteiger partial charge in [0.25, 0.3) is 0 Å². The normalized spacial score (nSPS) is 9.64. The molecule has 0 aliphatic carbocycles. The van der Waals surface area contributed by atoms with Crippen molar-refractivity contribution in [3.8, 4) is 17.5 Å². The Morgan fingerprint density at radius 3 is 2.86 bits per heavy atom. The SMILES string of the molecule is N#Cc1cncn1-c1ccccc1O. The fraction of sp³-hybridized carbons (Fsp3) is 0. The van der Waals surface area contributed by atoms with Gasteiger partial charge < -0.3 is 5.11 Å². The van der Waals surface area contributed by atoms with E-state index in [1.165, 1.54) is 17.1 Å². The monoisotopic (exact) mass is 185 g/mol. The van der Waals surface area contributed by atoms with Crippen molar-refractivity contribution in [3.63, 3.8) is 0 Å².